The van der Waals surface area contributed by atoms with Crippen LogP contribution in [-0.2, 0) is 10.8 Å². The van der Waals surface area contributed by atoms with E-state index in [2.05, 4.69) is 337 Å². The van der Waals surface area contributed by atoms with Gasteiger partial charge < -0.3 is 28.1 Å². The highest BCUT2D eigenvalue weighted by molar-refractivity contribution is 5.89. The number of benzene rings is 12. The van der Waals surface area contributed by atoms with Crippen LogP contribution in [0, 0.1) is 0 Å². The first-order valence-electron chi connectivity index (χ1n) is 29.9. The first kappa shape index (κ1) is 50.9. The molecule has 0 saturated heterocycles. The second kappa shape index (κ2) is 20.6. The van der Waals surface area contributed by atoms with E-state index in [-0.39, 0.29) is 0 Å². The van der Waals surface area contributed by atoms with Crippen molar-refractivity contribution in [2.45, 2.75) is 10.8 Å². The minimum Gasteiger partial charge on any atom is -0.459 e. The zero-order valence-electron chi connectivity index (χ0n) is 47.7. The average Bonchev–Trinajstić information content (AvgIpc) is 1.19. The van der Waals surface area contributed by atoms with Crippen LogP contribution in [0.2, 0.25) is 0 Å². The van der Waals surface area contributed by atoms with Crippen molar-refractivity contribution in [3.63, 3.8) is 0 Å². The lowest BCUT2D eigenvalue weighted by molar-refractivity contribution is 0.353. The van der Waals surface area contributed by atoms with Gasteiger partial charge in [0.2, 0.25) is 0 Å². The average molecular weight is 1130 g/mol. The van der Waals surface area contributed by atoms with E-state index in [0.29, 0.717) is 11.5 Å². The molecule has 4 heterocycles. The Morgan fingerprint density at radius 3 is 0.773 bits per heavy atom. The molecule has 2 aliphatic heterocycles. The van der Waals surface area contributed by atoms with Crippen molar-refractivity contribution in [3.8, 4) is 67.9 Å². The van der Waals surface area contributed by atoms with Crippen molar-refractivity contribution < 1.29 is 18.3 Å². The summed E-state index contributed by atoms with van der Waals surface area (Å²) in [5.74, 6) is 5.81. The van der Waals surface area contributed by atoms with Gasteiger partial charge in [0.1, 0.15) is 56.9 Å². The van der Waals surface area contributed by atoms with E-state index < -0.39 is 10.8 Å². The number of ether oxygens (including phenoxy) is 2. The van der Waals surface area contributed by atoms with Gasteiger partial charge in [-0.05, 0) is 144 Å². The molecule has 3 aliphatic rings. The lowest BCUT2D eigenvalue weighted by atomic mass is 9.53. The summed E-state index contributed by atoms with van der Waals surface area (Å²) >= 11 is 0. The van der Waals surface area contributed by atoms with Gasteiger partial charge >= 0.3 is 0 Å². The molecule has 0 radical (unpaired) electrons. The molecular weight excluding hydrogens is 1080 g/mol. The van der Waals surface area contributed by atoms with Crippen molar-refractivity contribution in [3.05, 3.63) is 372 Å². The minimum atomic E-state index is -1.15. The standard InChI is InChI=1S/C82H54N2O4/c1-7-27-55(28-8-1)57-47-59(51-65(49-57)83(61-31-11-3-12-32-61)62-33-13-4-14-34-62)77-53-71-79(87-77)82(69-41-21-25-45-75(69)86-76-46-26-22-42-70(76)82)72-54-78(88-80(72)81(71)67-39-19-23-43-73(67)85-74-44-24-20-40-68(74)81)60-48-58(56-29-9-2-10-30-56)50-66(52-60)84(63-35-15-5-16-36-63)64-37-17-6-18-38-64/h1-54H. The summed E-state index contributed by atoms with van der Waals surface area (Å²) in [6.07, 6.45) is 0. The van der Waals surface area contributed by atoms with Crippen LogP contribution in [0.25, 0.3) is 44.9 Å². The maximum absolute atomic E-state index is 8.13. The molecule has 2 spiro atoms. The number of fused-ring (bicyclic) bond motifs is 14. The molecule has 6 nitrogen and oxygen atoms in total. The molecule has 88 heavy (non-hydrogen) atoms. The Morgan fingerprint density at radius 2 is 0.466 bits per heavy atom. The highest BCUT2D eigenvalue weighted by Gasteiger charge is 2.63. The predicted molar refractivity (Wildman–Crippen MR) is 352 cm³/mol. The first-order chi connectivity index (χ1) is 43.6. The molecule has 0 saturated carbocycles. The predicted octanol–water partition coefficient (Wildman–Crippen LogP) is 21.8. The number of para-hydroxylation sites is 8. The van der Waals surface area contributed by atoms with E-state index in [1.165, 1.54) is 0 Å². The molecule has 2 aromatic heterocycles. The monoisotopic (exact) mass is 1130 g/mol. The van der Waals surface area contributed by atoms with Gasteiger partial charge in [0.15, 0.2) is 0 Å². The lowest BCUT2D eigenvalue weighted by Crippen LogP contribution is -2.46. The fourth-order valence-corrected chi connectivity index (χ4v) is 14.0. The highest BCUT2D eigenvalue weighted by atomic mass is 16.5. The number of anilines is 6. The molecule has 6 heteroatoms. The number of hydrogen-bond acceptors (Lipinski definition) is 6. The van der Waals surface area contributed by atoms with Crippen LogP contribution < -0.4 is 19.3 Å². The Bertz CT molecular complexity index is 4390. The van der Waals surface area contributed by atoms with E-state index in [0.717, 1.165) is 135 Å². The van der Waals surface area contributed by atoms with Gasteiger partial charge in [-0.3, -0.25) is 0 Å². The van der Waals surface area contributed by atoms with Crippen molar-refractivity contribution in [1.82, 2.24) is 0 Å². The fraction of sp³-hybridized carbons (Fsp3) is 0.0244. The van der Waals surface area contributed by atoms with E-state index in [9.17, 15) is 0 Å². The summed E-state index contributed by atoms with van der Waals surface area (Å²) in [6, 6.07) is 116. The second-order valence-corrected chi connectivity index (χ2v) is 22.7. The minimum absolute atomic E-state index is 0.694. The van der Waals surface area contributed by atoms with Crippen LogP contribution >= 0.6 is 0 Å². The van der Waals surface area contributed by atoms with Crippen molar-refractivity contribution in [1.29, 1.82) is 0 Å². The van der Waals surface area contributed by atoms with Crippen molar-refractivity contribution >= 4 is 34.1 Å². The van der Waals surface area contributed by atoms with Crippen LogP contribution in [0.15, 0.2) is 336 Å². The van der Waals surface area contributed by atoms with Gasteiger partial charge in [0, 0.05) is 78.6 Å². The van der Waals surface area contributed by atoms with Crippen LogP contribution in [0.3, 0.4) is 0 Å². The number of furan rings is 2. The van der Waals surface area contributed by atoms with Gasteiger partial charge in [-0.1, -0.05) is 206 Å². The normalized spacial score (nSPS) is 13.4. The summed E-state index contributed by atoms with van der Waals surface area (Å²) in [6.45, 7) is 0. The Morgan fingerprint density at radius 1 is 0.205 bits per heavy atom. The third-order valence-electron chi connectivity index (χ3n) is 17.8. The molecule has 0 amide bonds. The van der Waals surface area contributed by atoms with Crippen LogP contribution in [0.4, 0.5) is 34.1 Å². The zero-order chi connectivity index (χ0) is 58.2. The molecule has 14 aromatic rings. The number of nitrogens with zero attached hydrogens (tertiary/aromatic N) is 2. The van der Waals surface area contributed by atoms with E-state index in [4.69, 9.17) is 18.3 Å². The summed E-state index contributed by atoms with van der Waals surface area (Å²) in [7, 11) is 0. The largest absolute Gasteiger partial charge is 0.459 e. The molecule has 0 fully saturated rings. The van der Waals surface area contributed by atoms with E-state index >= 15 is 0 Å². The van der Waals surface area contributed by atoms with Gasteiger partial charge in [-0.15, -0.1) is 0 Å². The molecule has 0 unspecified atom stereocenters. The van der Waals surface area contributed by atoms with Crippen LogP contribution in [0.1, 0.15) is 44.9 Å². The first-order valence-corrected chi connectivity index (χ1v) is 29.9. The maximum Gasteiger partial charge on any atom is 0.134 e. The topological polar surface area (TPSA) is 51.2 Å². The number of rotatable bonds is 10. The lowest BCUT2D eigenvalue weighted by Gasteiger charge is -2.48. The summed E-state index contributed by atoms with van der Waals surface area (Å²) in [5.41, 5.74) is 15.4. The summed E-state index contributed by atoms with van der Waals surface area (Å²) in [5, 5.41) is 0. The van der Waals surface area contributed by atoms with E-state index in [1.54, 1.807) is 0 Å². The summed E-state index contributed by atoms with van der Waals surface area (Å²) < 4.78 is 30.3. The quantitative estimate of drug-likeness (QED) is 0.136. The van der Waals surface area contributed by atoms with Crippen molar-refractivity contribution in [2.24, 2.45) is 0 Å². The van der Waals surface area contributed by atoms with Gasteiger partial charge in [-0.2, -0.15) is 0 Å². The Hall–Kier alpha value is -11.6. The maximum atomic E-state index is 8.13. The molecule has 0 bridgehead atoms. The van der Waals surface area contributed by atoms with Gasteiger partial charge in [0.05, 0.1) is 0 Å². The van der Waals surface area contributed by atoms with E-state index in [1.807, 2.05) is 0 Å². The van der Waals surface area contributed by atoms with Crippen molar-refractivity contribution in [2.75, 3.05) is 9.80 Å². The molecule has 416 valence electrons. The molecule has 0 atom stereocenters. The Balaban J connectivity index is 0.994. The summed E-state index contributed by atoms with van der Waals surface area (Å²) in [4.78, 5) is 4.65. The van der Waals surface area contributed by atoms with Crippen LogP contribution in [-0.4, -0.2) is 0 Å². The van der Waals surface area contributed by atoms with Gasteiger partial charge in [-0.25, -0.2) is 0 Å². The molecule has 12 aromatic carbocycles. The molecule has 17 rings (SSSR count). The number of hydrogen-bond donors (Lipinski definition) is 0. The Kier molecular flexibility index (Phi) is 11.9. The van der Waals surface area contributed by atoms with Gasteiger partial charge in [0.25, 0.3) is 0 Å². The fourth-order valence-electron chi connectivity index (χ4n) is 14.0. The molecular formula is C82H54N2O4. The van der Waals surface area contributed by atoms with Crippen LogP contribution in [0.5, 0.6) is 23.0 Å². The third kappa shape index (κ3) is 7.96. The third-order valence-corrected chi connectivity index (χ3v) is 17.8. The molecule has 0 N–H and O–H groups in total. The molecule has 1 aliphatic carbocycles. The smallest absolute Gasteiger partial charge is 0.134 e. The Labute approximate surface area is 510 Å². The second-order valence-electron chi connectivity index (χ2n) is 22.7. The SMILES string of the molecule is c1ccc(-c2cc(-c3cc4c(o3)C3(c5ccccc5Oc5ccccc53)c3cc(-c5cc(-c6ccccc6)cc(N(c6ccccc6)c6ccccc6)c5)oc3C43c4ccccc4Oc4ccccc43)cc(N(c3ccccc3)c3ccccc3)c2)cc1. The highest BCUT2D eigenvalue weighted by Crippen LogP contribution is 2.68. The zero-order valence-corrected chi connectivity index (χ0v) is 47.7.